The molecule has 0 saturated carbocycles. The van der Waals surface area contributed by atoms with Gasteiger partial charge in [-0.25, -0.2) is 0 Å². The maximum atomic E-state index is 12.4. The molecular weight excluding hydrogens is 342 g/mol. The van der Waals surface area contributed by atoms with Gasteiger partial charge in [0.15, 0.2) is 5.78 Å². The molecule has 27 heavy (non-hydrogen) atoms. The van der Waals surface area contributed by atoms with E-state index in [4.69, 9.17) is 0 Å². The van der Waals surface area contributed by atoms with Gasteiger partial charge in [0.1, 0.15) is 0 Å². The number of piperazine rings is 1. The highest BCUT2D eigenvalue weighted by Crippen LogP contribution is 2.11. The maximum absolute atomic E-state index is 12.4. The smallest absolute Gasteiger partial charge is 0.253 e. The van der Waals surface area contributed by atoms with Gasteiger partial charge in [-0.05, 0) is 43.3 Å². The van der Waals surface area contributed by atoms with Crippen LogP contribution in [-0.4, -0.2) is 60.1 Å². The second kappa shape index (κ2) is 8.60. The molecule has 6 heteroatoms. The van der Waals surface area contributed by atoms with Crippen molar-refractivity contribution in [3.8, 4) is 0 Å². The Morgan fingerprint density at radius 2 is 1.48 bits per heavy atom. The number of Topliss-reactive ketones (excluding diaryl/α,β-unsaturated/α-hetero) is 1. The van der Waals surface area contributed by atoms with Crippen molar-refractivity contribution in [1.29, 1.82) is 0 Å². The monoisotopic (exact) mass is 365 g/mol. The lowest BCUT2D eigenvalue weighted by Gasteiger charge is -2.34. The highest BCUT2D eigenvalue weighted by atomic mass is 16.2. The molecule has 6 nitrogen and oxygen atoms in total. The highest BCUT2D eigenvalue weighted by Gasteiger charge is 2.23. The summed E-state index contributed by atoms with van der Waals surface area (Å²) in [6, 6.07) is 16.1. The van der Waals surface area contributed by atoms with E-state index in [1.54, 1.807) is 24.3 Å². The number of nitrogens with zero attached hydrogens (tertiary/aromatic N) is 2. The Bertz CT molecular complexity index is 810. The summed E-state index contributed by atoms with van der Waals surface area (Å²) >= 11 is 0. The molecule has 1 aliphatic rings. The van der Waals surface area contributed by atoms with Crippen LogP contribution in [0.1, 0.15) is 27.6 Å². The summed E-state index contributed by atoms with van der Waals surface area (Å²) in [5.41, 5.74) is 1.98. The van der Waals surface area contributed by atoms with E-state index in [2.05, 4.69) is 5.32 Å². The Kier molecular flexibility index (Phi) is 5.98. The van der Waals surface area contributed by atoms with Gasteiger partial charge in [-0.1, -0.05) is 18.2 Å². The number of benzene rings is 2. The molecule has 0 aromatic heterocycles. The van der Waals surface area contributed by atoms with Crippen LogP contribution in [0.5, 0.6) is 0 Å². The van der Waals surface area contributed by atoms with Crippen LogP contribution in [0.15, 0.2) is 54.6 Å². The average molecular weight is 365 g/mol. The topological polar surface area (TPSA) is 69.7 Å². The third-order valence-electron chi connectivity index (χ3n) is 4.62. The number of rotatable bonds is 5. The van der Waals surface area contributed by atoms with Gasteiger partial charge < -0.3 is 10.2 Å². The zero-order chi connectivity index (χ0) is 19.2. The Morgan fingerprint density at radius 3 is 2.07 bits per heavy atom. The molecule has 0 bridgehead atoms. The Labute approximate surface area is 158 Å². The normalized spacial score (nSPS) is 14.6. The van der Waals surface area contributed by atoms with Crippen molar-refractivity contribution < 1.29 is 14.4 Å². The molecular formula is C21H23N3O3. The van der Waals surface area contributed by atoms with Crippen molar-refractivity contribution in [3.63, 3.8) is 0 Å². The largest absolute Gasteiger partial charge is 0.336 e. The van der Waals surface area contributed by atoms with Crippen LogP contribution in [0, 0.1) is 0 Å². The standard InChI is InChI=1S/C21H23N3O3/c1-16(25)17-7-9-19(10-8-17)22-20(26)15-23-11-13-24(14-12-23)21(27)18-5-3-2-4-6-18/h2-10H,11-15H2,1H3,(H,22,26). The quantitative estimate of drug-likeness (QED) is 0.826. The lowest BCUT2D eigenvalue weighted by Crippen LogP contribution is -2.50. The first-order valence-corrected chi connectivity index (χ1v) is 9.00. The molecule has 3 rings (SSSR count). The van der Waals surface area contributed by atoms with Gasteiger partial charge in [0.05, 0.1) is 6.54 Å². The fraction of sp³-hybridized carbons (Fsp3) is 0.286. The van der Waals surface area contributed by atoms with Crippen molar-refractivity contribution in [2.24, 2.45) is 0 Å². The summed E-state index contributed by atoms with van der Waals surface area (Å²) < 4.78 is 0. The summed E-state index contributed by atoms with van der Waals surface area (Å²) in [6.07, 6.45) is 0. The van der Waals surface area contributed by atoms with Gasteiger partial charge in [0.2, 0.25) is 5.91 Å². The molecule has 0 spiro atoms. The van der Waals surface area contributed by atoms with E-state index >= 15 is 0 Å². The molecule has 1 saturated heterocycles. The number of amides is 2. The summed E-state index contributed by atoms with van der Waals surface area (Å²) in [4.78, 5) is 39.8. The Hall–Kier alpha value is -2.99. The van der Waals surface area contributed by atoms with E-state index in [-0.39, 0.29) is 24.1 Å². The van der Waals surface area contributed by atoms with Gasteiger partial charge in [-0.15, -0.1) is 0 Å². The van der Waals surface area contributed by atoms with E-state index in [1.165, 1.54) is 6.92 Å². The SMILES string of the molecule is CC(=O)c1ccc(NC(=O)CN2CCN(C(=O)c3ccccc3)CC2)cc1. The highest BCUT2D eigenvalue weighted by molar-refractivity contribution is 5.96. The van der Waals surface area contributed by atoms with E-state index in [9.17, 15) is 14.4 Å². The number of hydrogen-bond donors (Lipinski definition) is 1. The Balaban J connectivity index is 1.46. The van der Waals surface area contributed by atoms with Crippen molar-refractivity contribution in [2.45, 2.75) is 6.92 Å². The van der Waals surface area contributed by atoms with Gasteiger partial charge in [-0.2, -0.15) is 0 Å². The van der Waals surface area contributed by atoms with E-state index in [0.717, 1.165) is 0 Å². The molecule has 0 unspecified atom stereocenters. The first kappa shape index (κ1) is 18.8. The van der Waals surface area contributed by atoms with Crippen LogP contribution in [0.4, 0.5) is 5.69 Å². The molecule has 0 radical (unpaired) electrons. The lowest BCUT2D eigenvalue weighted by molar-refractivity contribution is -0.117. The zero-order valence-corrected chi connectivity index (χ0v) is 15.4. The van der Waals surface area contributed by atoms with Crippen molar-refractivity contribution in [3.05, 3.63) is 65.7 Å². The minimum Gasteiger partial charge on any atom is -0.336 e. The number of hydrogen-bond acceptors (Lipinski definition) is 4. The summed E-state index contributed by atoms with van der Waals surface area (Å²) in [5.74, 6) is -0.0746. The Morgan fingerprint density at radius 1 is 0.852 bits per heavy atom. The molecule has 2 aromatic carbocycles. The van der Waals surface area contributed by atoms with Gasteiger partial charge >= 0.3 is 0 Å². The molecule has 1 heterocycles. The summed E-state index contributed by atoms with van der Waals surface area (Å²) in [7, 11) is 0. The van der Waals surface area contributed by atoms with E-state index in [1.807, 2.05) is 40.1 Å². The van der Waals surface area contributed by atoms with Crippen molar-refractivity contribution in [1.82, 2.24) is 9.80 Å². The van der Waals surface area contributed by atoms with Gasteiger partial charge in [0.25, 0.3) is 5.91 Å². The van der Waals surface area contributed by atoms with Crippen LogP contribution in [-0.2, 0) is 4.79 Å². The zero-order valence-electron chi connectivity index (χ0n) is 15.4. The van der Waals surface area contributed by atoms with Gasteiger partial charge in [0, 0.05) is 43.0 Å². The lowest BCUT2D eigenvalue weighted by atomic mass is 10.1. The second-order valence-electron chi connectivity index (χ2n) is 6.62. The first-order chi connectivity index (χ1) is 13.0. The van der Waals surface area contributed by atoms with Crippen molar-refractivity contribution >= 4 is 23.3 Å². The maximum Gasteiger partial charge on any atom is 0.253 e. The van der Waals surface area contributed by atoms with Crippen LogP contribution < -0.4 is 5.32 Å². The molecule has 0 aliphatic carbocycles. The molecule has 140 valence electrons. The van der Waals surface area contributed by atoms with Crippen LogP contribution in [0.3, 0.4) is 0 Å². The van der Waals surface area contributed by atoms with Crippen molar-refractivity contribution in [2.75, 3.05) is 38.0 Å². The fourth-order valence-corrected chi connectivity index (χ4v) is 3.06. The third-order valence-corrected chi connectivity index (χ3v) is 4.62. The average Bonchev–Trinajstić information content (AvgIpc) is 2.69. The molecule has 1 fully saturated rings. The first-order valence-electron chi connectivity index (χ1n) is 9.00. The fourth-order valence-electron chi connectivity index (χ4n) is 3.06. The molecule has 2 aromatic rings. The van der Waals surface area contributed by atoms with Gasteiger partial charge in [-0.3, -0.25) is 19.3 Å². The third kappa shape index (κ3) is 5.01. The summed E-state index contributed by atoms with van der Waals surface area (Å²) in [6.45, 7) is 4.32. The minimum atomic E-state index is -0.103. The predicted molar refractivity (Wildman–Crippen MR) is 104 cm³/mol. The molecule has 0 atom stereocenters. The second-order valence-corrected chi connectivity index (χ2v) is 6.62. The molecule has 2 amide bonds. The minimum absolute atomic E-state index is 0.00389. The van der Waals surface area contributed by atoms with E-state index < -0.39 is 0 Å². The number of carbonyl (C=O) groups is 3. The van der Waals surface area contributed by atoms with Crippen LogP contribution in [0.2, 0.25) is 0 Å². The number of ketones is 1. The number of nitrogens with one attached hydrogen (secondary N) is 1. The van der Waals surface area contributed by atoms with E-state index in [0.29, 0.717) is 43.0 Å². The number of carbonyl (C=O) groups excluding carboxylic acids is 3. The van der Waals surface area contributed by atoms with Crippen LogP contribution in [0.25, 0.3) is 0 Å². The molecule has 1 N–H and O–H groups in total. The predicted octanol–water partition coefficient (Wildman–Crippen LogP) is 2.29. The molecule has 1 aliphatic heterocycles. The summed E-state index contributed by atoms with van der Waals surface area (Å²) in [5, 5.41) is 2.84. The number of anilines is 1. The van der Waals surface area contributed by atoms with Crippen LogP contribution >= 0.6 is 0 Å².